The average molecular weight is 363 g/mol. The molecule has 1 atom stereocenters. The molecule has 1 aliphatic rings. The molecule has 0 unspecified atom stereocenters. The van der Waals surface area contributed by atoms with Crippen molar-refractivity contribution in [1.29, 1.82) is 0 Å². The Hall–Kier alpha value is -2.29. The van der Waals surface area contributed by atoms with Gasteiger partial charge in [0.05, 0.1) is 18.1 Å². The van der Waals surface area contributed by atoms with Crippen LogP contribution in [0, 0.1) is 0 Å². The average Bonchev–Trinajstić information content (AvgIpc) is 3.17. The van der Waals surface area contributed by atoms with Gasteiger partial charge >= 0.3 is 0 Å². The molecule has 1 fully saturated rings. The molecule has 3 N–H and O–H groups in total. The number of aryl methyl sites for hydroxylation is 1. The van der Waals surface area contributed by atoms with Gasteiger partial charge in [0.15, 0.2) is 5.16 Å². The third-order valence-electron chi connectivity index (χ3n) is 4.01. The van der Waals surface area contributed by atoms with E-state index in [-0.39, 0.29) is 23.5 Å². The predicted octanol–water partition coefficient (Wildman–Crippen LogP) is 1.10. The van der Waals surface area contributed by atoms with Crippen LogP contribution in [0.1, 0.15) is 37.3 Å². The zero-order valence-corrected chi connectivity index (χ0v) is 14.6. The predicted molar refractivity (Wildman–Crippen MR) is 91.9 cm³/mol. The quantitative estimate of drug-likeness (QED) is 0.761. The number of furan rings is 1. The molecule has 1 saturated heterocycles. The van der Waals surface area contributed by atoms with Crippen LogP contribution in [-0.2, 0) is 22.6 Å². The second-order valence-corrected chi connectivity index (χ2v) is 7.09. The lowest BCUT2D eigenvalue weighted by molar-refractivity contribution is -0.120. The molecule has 1 aliphatic heterocycles. The van der Waals surface area contributed by atoms with Gasteiger partial charge in [-0.1, -0.05) is 18.2 Å². The maximum atomic E-state index is 12.2. The van der Waals surface area contributed by atoms with E-state index in [0.29, 0.717) is 23.9 Å². The van der Waals surface area contributed by atoms with E-state index in [1.165, 1.54) is 11.8 Å². The molecule has 9 heteroatoms. The lowest BCUT2D eigenvalue weighted by Crippen LogP contribution is -2.30. The monoisotopic (exact) mass is 363 g/mol. The Morgan fingerprint density at radius 3 is 3.08 bits per heavy atom. The number of hydrogen-bond acceptors (Lipinski definition) is 6. The number of aromatic nitrogens is 3. The van der Waals surface area contributed by atoms with Crippen molar-refractivity contribution in [3.8, 4) is 0 Å². The molecule has 3 rings (SSSR count). The maximum absolute atomic E-state index is 12.2. The van der Waals surface area contributed by atoms with E-state index in [1.54, 1.807) is 6.26 Å². The molecule has 0 aliphatic carbocycles. The highest BCUT2D eigenvalue weighted by molar-refractivity contribution is 8.00. The van der Waals surface area contributed by atoms with Gasteiger partial charge < -0.3 is 15.5 Å². The number of rotatable bonds is 7. The molecule has 2 aromatic rings. The van der Waals surface area contributed by atoms with Gasteiger partial charge in [-0.3, -0.25) is 14.2 Å². The summed E-state index contributed by atoms with van der Waals surface area (Å²) in [5, 5.41) is 11.8. The van der Waals surface area contributed by atoms with Crippen LogP contribution in [0.25, 0.3) is 0 Å². The molecule has 2 aromatic heterocycles. The molecule has 0 bridgehead atoms. The van der Waals surface area contributed by atoms with Crippen molar-refractivity contribution in [2.75, 3.05) is 6.54 Å². The molecule has 8 nitrogen and oxygen atoms in total. The van der Waals surface area contributed by atoms with Gasteiger partial charge in [-0.15, -0.1) is 10.2 Å². The molecule has 25 heavy (non-hydrogen) atoms. The van der Waals surface area contributed by atoms with Crippen LogP contribution in [0.5, 0.6) is 0 Å². The Bertz CT molecular complexity index is 728. The molecule has 0 radical (unpaired) electrons. The fourth-order valence-corrected chi connectivity index (χ4v) is 3.81. The van der Waals surface area contributed by atoms with Crippen molar-refractivity contribution in [2.45, 2.75) is 49.1 Å². The van der Waals surface area contributed by atoms with E-state index < -0.39 is 0 Å². The SMILES string of the molecule is NC(=O)CCc1nnc(S[C@H]2CCCCNC2=O)n1Cc1ccco1. The van der Waals surface area contributed by atoms with E-state index in [2.05, 4.69) is 15.5 Å². The molecular formula is C16H21N5O3S. The van der Waals surface area contributed by atoms with E-state index >= 15 is 0 Å². The van der Waals surface area contributed by atoms with Gasteiger partial charge in [0, 0.05) is 19.4 Å². The third kappa shape index (κ3) is 4.62. The van der Waals surface area contributed by atoms with Crippen LogP contribution < -0.4 is 11.1 Å². The van der Waals surface area contributed by atoms with Gasteiger partial charge in [0.2, 0.25) is 11.8 Å². The standard InChI is InChI=1S/C16H21N5O3S/c17-13(22)6-7-14-19-20-16(21(14)10-11-4-3-9-24-11)25-12-5-1-2-8-18-15(12)23/h3-4,9,12H,1-2,5-8,10H2,(H2,17,22)(H,18,23)/t12-/m0/s1. The Labute approximate surface area is 149 Å². The second-order valence-electron chi connectivity index (χ2n) is 5.92. The van der Waals surface area contributed by atoms with Crippen molar-refractivity contribution >= 4 is 23.6 Å². The molecule has 134 valence electrons. The summed E-state index contributed by atoms with van der Waals surface area (Å²) in [7, 11) is 0. The summed E-state index contributed by atoms with van der Waals surface area (Å²) in [6.07, 6.45) is 5.00. The van der Waals surface area contributed by atoms with E-state index in [1.807, 2.05) is 16.7 Å². The number of amides is 2. The Morgan fingerprint density at radius 2 is 2.32 bits per heavy atom. The fraction of sp³-hybridized carbons (Fsp3) is 0.500. The highest BCUT2D eigenvalue weighted by Crippen LogP contribution is 2.28. The Kier molecular flexibility index (Phi) is 5.75. The van der Waals surface area contributed by atoms with Crippen LogP contribution in [-0.4, -0.2) is 38.4 Å². The topological polar surface area (TPSA) is 116 Å². The largest absolute Gasteiger partial charge is 0.467 e. The summed E-state index contributed by atoms with van der Waals surface area (Å²) in [6, 6.07) is 3.68. The van der Waals surface area contributed by atoms with Crippen LogP contribution >= 0.6 is 11.8 Å². The summed E-state index contributed by atoms with van der Waals surface area (Å²) >= 11 is 1.41. The third-order valence-corrected chi connectivity index (χ3v) is 5.26. The molecular weight excluding hydrogens is 342 g/mol. The van der Waals surface area contributed by atoms with Gasteiger partial charge in [-0.2, -0.15) is 0 Å². The van der Waals surface area contributed by atoms with Crippen LogP contribution in [0.2, 0.25) is 0 Å². The Balaban J connectivity index is 1.81. The highest BCUT2D eigenvalue weighted by atomic mass is 32.2. The minimum Gasteiger partial charge on any atom is -0.467 e. The Morgan fingerprint density at radius 1 is 1.44 bits per heavy atom. The zero-order valence-electron chi connectivity index (χ0n) is 13.8. The summed E-state index contributed by atoms with van der Waals surface area (Å²) in [6.45, 7) is 1.17. The first kappa shape index (κ1) is 17.5. The first-order valence-electron chi connectivity index (χ1n) is 8.30. The lowest BCUT2D eigenvalue weighted by Gasteiger charge is -2.13. The molecule has 0 spiro atoms. The van der Waals surface area contributed by atoms with Gasteiger partial charge in [0.25, 0.3) is 0 Å². The minimum absolute atomic E-state index is 0.0359. The van der Waals surface area contributed by atoms with Gasteiger partial charge in [-0.25, -0.2) is 0 Å². The number of nitrogens with zero attached hydrogens (tertiary/aromatic N) is 3. The first-order valence-corrected chi connectivity index (χ1v) is 9.18. The molecule has 3 heterocycles. The number of nitrogens with two attached hydrogens (primary N) is 1. The smallest absolute Gasteiger partial charge is 0.233 e. The number of carbonyl (C=O) groups is 2. The van der Waals surface area contributed by atoms with Gasteiger partial charge in [0.1, 0.15) is 11.6 Å². The van der Waals surface area contributed by atoms with E-state index in [0.717, 1.165) is 31.6 Å². The fourth-order valence-electron chi connectivity index (χ4n) is 2.69. The van der Waals surface area contributed by atoms with Crippen molar-refractivity contribution in [3.05, 3.63) is 30.0 Å². The lowest BCUT2D eigenvalue weighted by atomic mass is 10.2. The summed E-state index contributed by atoms with van der Waals surface area (Å²) in [5.41, 5.74) is 5.25. The number of nitrogens with one attached hydrogen (secondary N) is 1. The van der Waals surface area contributed by atoms with E-state index in [4.69, 9.17) is 10.2 Å². The molecule has 2 amide bonds. The van der Waals surface area contributed by atoms with Crippen molar-refractivity contribution in [1.82, 2.24) is 20.1 Å². The number of thioether (sulfide) groups is 1. The first-order chi connectivity index (χ1) is 12.1. The van der Waals surface area contributed by atoms with Crippen molar-refractivity contribution in [3.63, 3.8) is 0 Å². The van der Waals surface area contributed by atoms with Crippen molar-refractivity contribution < 1.29 is 14.0 Å². The number of primary amides is 1. The number of carbonyl (C=O) groups excluding carboxylic acids is 2. The van der Waals surface area contributed by atoms with Crippen LogP contribution in [0.3, 0.4) is 0 Å². The molecule has 0 saturated carbocycles. The second kappa shape index (κ2) is 8.19. The molecule has 0 aromatic carbocycles. The normalized spacial score (nSPS) is 17.9. The summed E-state index contributed by atoms with van der Waals surface area (Å²) in [5.74, 6) is 1.07. The van der Waals surface area contributed by atoms with Crippen LogP contribution in [0.4, 0.5) is 0 Å². The van der Waals surface area contributed by atoms with Crippen LogP contribution in [0.15, 0.2) is 28.0 Å². The minimum atomic E-state index is -0.384. The van der Waals surface area contributed by atoms with E-state index in [9.17, 15) is 9.59 Å². The van der Waals surface area contributed by atoms with Crippen molar-refractivity contribution in [2.24, 2.45) is 5.73 Å². The number of hydrogen-bond donors (Lipinski definition) is 2. The summed E-state index contributed by atoms with van der Waals surface area (Å²) in [4.78, 5) is 23.3. The maximum Gasteiger partial charge on any atom is 0.233 e. The zero-order chi connectivity index (χ0) is 17.6. The highest BCUT2D eigenvalue weighted by Gasteiger charge is 2.25. The summed E-state index contributed by atoms with van der Waals surface area (Å²) < 4.78 is 7.31. The van der Waals surface area contributed by atoms with Gasteiger partial charge in [-0.05, 0) is 25.0 Å².